The van der Waals surface area contributed by atoms with Gasteiger partial charge in [0.1, 0.15) is 10.7 Å². The minimum absolute atomic E-state index is 0.0209. The molecule has 0 bridgehead atoms. The van der Waals surface area contributed by atoms with Crippen molar-refractivity contribution in [2.45, 2.75) is 57.5 Å². The lowest BCUT2D eigenvalue weighted by Crippen LogP contribution is -2.42. The molecular weight excluding hydrogens is 284 g/mol. The molecule has 1 aromatic rings. The first-order valence-electron chi connectivity index (χ1n) is 7.86. The average molecular weight is 308 g/mol. The SMILES string of the molecule is CC1CCCCC1N(C)C(=O)c1sc(NC2CC2)nc1N. The van der Waals surface area contributed by atoms with E-state index in [-0.39, 0.29) is 5.91 Å². The third-order valence-corrected chi connectivity index (χ3v) is 5.63. The first-order chi connectivity index (χ1) is 10.1. The highest BCUT2D eigenvalue weighted by Crippen LogP contribution is 2.33. The van der Waals surface area contributed by atoms with Crippen LogP contribution in [0.5, 0.6) is 0 Å². The molecule has 0 saturated heterocycles. The second-order valence-corrected chi connectivity index (χ2v) is 7.40. The molecule has 1 aromatic heterocycles. The summed E-state index contributed by atoms with van der Waals surface area (Å²) in [5.41, 5.74) is 5.95. The molecule has 0 aromatic carbocycles. The molecule has 0 spiro atoms. The predicted molar refractivity (Wildman–Crippen MR) is 86.7 cm³/mol. The van der Waals surface area contributed by atoms with E-state index in [1.165, 1.54) is 43.4 Å². The normalized spacial score (nSPS) is 25.6. The van der Waals surface area contributed by atoms with Crippen LogP contribution in [0.2, 0.25) is 0 Å². The largest absolute Gasteiger partial charge is 0.382 e. The van der Waals surface area contributed by atoms with Gasteiger partial charge in [0.05, 0.1) is 0 Å². The Balaban J connectivity index is 1.72. The Morgan fingerprint density at radius 2 is 2.05 bits per heavy atom. The minimum atomic E-state index is 0.0209. The quantitative estimate of drug-likeness (QED) is 0.897. The van der Waals surface area contributed by atoms with E-state index in [2.05, 4.69) is 17.2 Å². The molecule has 3 rings (SSSR count). The van der Waals surface area contributed by atoms with Crippen LogP contribution in [0.25, 0.3) is 0 Å². The van der Waals surface area contributed by atoms with Gasteiger partial charge in [-0.2, -0.15) is 0 Å². The summed E-state index contributed by atoms with van der Waals surface area (Å²) in [7, 11) is 1.90. The highest BCUT2D eigenvalue weighted by molar-refractivity contribution is 7.18. The Labute approximate surface area is 129 Å². The maximum atomic E-state index is 12.7. The van der Waals surface area contributed by atoms with E-state index < -0.39 is 0 Å². The van der Waals surface area contributed by atoms with Gasteiger partial charge in [0.25, 0.3) is 5.91 Å². The number of nitrogen functional groups attached to an aromatic ring is 1. The number of thiazole rings is 1. The number of amides is 1. The zero-order chi connectivity index (χ0) is 15.0. The molecule has 3 N–H and O–H groups in total. The summed E-state index contributed by atoms with van der Waals surface area (Å²) >= 11 is 1.39. The predicted octanol–water partition coefficient (Wildman–Crippen LogP) is 2.95. The summed E-state index contributed by atoms with van der Waals surface area (Å²) in [6, 6.07) is 0.849. The summed E-state index contributed by atoms with van der Waals surface area (Å²) in [6.45, 7) is 2.24. The Morgan fingerprint density at radius 1 is 1.33 bits per heavy atom. The monoisotopic (exact) mass is 308 g/mol. The van der Waals surface area contributed by atoms with Gasteiger partial charge < -0.3 is 16.0 Å². The molecule has 1 heterocycles. The first-order valence-corrected chi connectivity index (χ1v) is 8.68. The molecule has 2 fully saturated rings. The molecule has 2 unspecified atom stereocenters. The van der Waals surface area contributed by atoms with Gasteiger partial charge in [-0.15, -0.1) is 0 Å². The molecule has 6 heteroatoms. The van der Waals surface area contributed by atoms with Crippen LogP contribution >= 0.6 is 11.3 Å². The number of carbonyl (C=O) groups excluding carboxylic acids is 1. The summed E-state index contributed by atoms with van der Waals surface area (Å²) in [6.07, 6.45) is 7.14. The maximum Gasteiger partial charge on any atom is 0.267 e. The summed E-state index contributed by atoms with van der Waals surface area (Å²) in [5, 5.41) is 4.10. The van der Waals surface area contributed by atoms with Gasteiger partial charge in [-0.3, -0.25) is 4.79 Å². The molecular formula is C15H24N4OS. The Bertz CT molecular complexity index is 526. The number of nitrogens with one attached hydrogen (secondary N) is 1. The van der Waals surface area contributed by atoms with Crippen molar-refractivity contribution in [3.63, 3.8) is 0 Å². The number of hydrogen-bond donors (Lipinski definition) is 2. The van der Waals surface area contributed by atoms with Crippen LogP contribution in [0.1, 0.15) is 55.1 Å². The Morgan fingerprint density at radius 3 is 2.71 bits per heavy atom. The van der Waals surface area contributed by atoms with Crippen molar-refractivity contribution in [3.8, 4) is 0 Å². The fraction of sp³-hybridized carbons (Fsp3) is 0.733. The molecule has 0 radical (unpaired) electrons. The summed E-state index contributed by atoms with van der Waals surface area (Å²) in [5.74, 6) is 0.946. The number of rotatable bonds is 4. The zero-order valence-electron chi connectivity index (χ0n) is 12.8. The van der Waals surface area contributed by atoms with E-state index in [1.807, 2.05) is 11.9 Å². The van der Waals surface area contributed by atoms with Gasteiger partial charge in [-0.1, -0.05) is 31.1 Å². The molecule has 2 aliphatic rings. The third kappa shape index (κ3) is 3.15. The van der Waals surface area contributed by atoms with Gasteiger partial charge in [0, 0.05) is 19.1 Å². The number of aromatic nitrogens is 1. The molecule has 21 heavy (non-hydrogen) atoms. The molecule has 2 aliphatic carbocycles. The van der Waals surface area contributed by atoms with E-state index in [0.717, 1.165) is 11.6 Å². The Kier molecular flexibility index (Phi) is 4.06. The van der Waals surface area contributed by atoms with Crippen molar-refractivity contribution in [1.29, 1.82) is 0 Å². The summed E-state index contributed by atoms with van der Waals surface area (Å²) in [4.78, 5) is 19.5. The molecule has 5 nitrogen and oxygen atoms in total. The highest BCUT2D eigenvalue weighted by Gasteiger charge is 2.31. The number of hydrogen-bond acceptors (Lipinski definition) is 5. The van der Waals surface area contributed by atoms with Gasteiger partial charge in [-0.05, 0) is 31.6 Å². The minimum Gasteiger partial charge on any atom is -0.382 e. The fourth-order valence-corrected chi connectivity index (χ4v) is 4.08. The fourth-order valence-electron chi connectivity index (χ4n) is 3.13. The third-order valence-electron chi connectivity index (χ3n) is 4.64. The number of nitrogens with two attached hydrogens (primary N) is 1. The maximum absolute atomic E-state index is 12.7. The lowest BCUT2D eigenvalue weighted by Gasteiger charge is -2.36. The number of anilines is 2. The van der Waals surface area contributed by atoms with E-state index in [4.69, 9.17) is 5.73 Å². The lowest BCUT2D eigenvalue weighted by molar-refractivity contribution is 0.0634. The van der Waals surface area contributed by atoms with Crippen molar-refractivity contribution in [2.24, 2.45) is 5.92 Å². The molecule has 116 valence electrons. The van der Waals surface area contributed by atoms with Crippen molar-refractivity contribution in [1.82, 2.24) is 9.88 Å². The molecule has 2 atom stereocenters. The van der Waals surface area contributed by atoms with Crippen LogP contribution < -0.4 is 11.1 Å². The number of carbonyl (C=O) groups is 1. The molecule has 2 saturated carbocycles. The van der Waals surface area contributed by atoms with E-state index in [0.29, 0.717) is 28.7 Å². The van der Waals surface area contributed by atoms with Gasteiger partial charge >= 0.3 is 0 Å². The van der Waals surface area contributed by atoms with E-state index in [9.17, 15) is 4.79 Å². The first kappa shape index (κ1) is 14.6. The van der Waals surface area contributed by atoms with Crippen LogP contribution in [0.15, 0.2) is 0 Å². The van der Waals surface area contributed by atoms with E-state index in [1.54, 1.807) is 0 Å². The average Bonchev–Trinajstić information content (AvgIpc) is 3.20. The highest BCUT2D eigenvalue weighted by atomic mass is 32.1. The van der Waals surface area contributed by atoms with Gasteiger partial charge in [0.15, 0.2) is 5.13 Å². The van der Waals surface area contributed by atoms with Gasteiger partial charge in [-0.25, -0.2) is 4.98 Å². The second kappa shape index (κ2) is 5.83. The second-order valence-electron chi connectivity index (χ2n) is 6.40. The van der Waals surface area contributed by atoms with Crippen LogP contribution in [0.3, 0.4) is 0 Å². The van der Waals surface area contributed by atoms with Crippen molar-refractivity contribution in [2.75, 3.05) is 18.1 Å². The zero-order valence-corrected chi connectivity index (χ0v) is 13.6. The summed E-state index contributed by atoms with van der Waals surface area (Å²) < 4.78 is 0. The van der Waals surface area contributed by atoms with Crippen LogP contribution in [-0.4, -0.2) is 34.9 Å². The van der Waals surface area contributed by atoms with Crippen molar-refractivity contribution >= 4 is 28.2 Å². The van der Waals surface area contributed by atoms with Crippen LogP contribution in [-0.2, 0) is 0 Å². The van der Waals surface area contributed by atoms with Crippen molar-refractivity contribution < 1.29 is 4.79 Å². The standard InChI is InChI=1S/C15H24N4OS/c1-9-5-3-4-6-11(9)19(2)14(20)12-13(16)18-15(21-12)17-10-7-8-10/h9-11H,3-8,16H2,1-2H3,(H,17,18). The van der Waals surface area contributed by atoms with Crippen LogP contribution in [0, 0.1) is 5.92 Å². The number of nitrogens with zero attached hydrogens (tertiary/aromatic N) is 2. The van der Waals surface area contributed by atoms with E-state index >= 15 is 0 Å². The Hall–Kier alpha value is -1.30. The van der Waals surface area contributed by atoms with Crippen molar-refractivity contribution in [3.05, 3.63) is 4.88 Å². The smallest absolute Gasteiger partial charge is 0.267 e. The lowest BCUT2D eigenvalue weighted by atomic mass is 9.85. The molecule has 0 aliphatic heterocycles. The van der Waals surface area contributed by atoms with Gasteiger partial charge in [0.2, 0.25) is 0 Å². The topological polar surface area (TPSA) is 71.2 Å². The molecule has 1 amide bonds. The van der Waals surface area contributed by atoms with Crippen LogP contribution in [0.4, 0.5) is 10.9 Å².